The summed E-state index contributed by atoms with van der Waals surface area (Å²) in [5.41, 5.74) is 5.50. The van der Waals surface area contributed by atoms with Crippen molar-refractivity contribution in [2.75, 3.05) is 0 Å². The number of nitrogens with one attached hydrogen (secondary N) is 1. The minimum absolute atomic E-state index is 0.00310. The van der Waals surface area contributed by atoms with Crippen LogP contribution in [0.5, 0.6) is 0 Å². The average Bonchev–Trinajstić information content (AvgIpc) is 2.25. The number of hydrogen-bond acceptors (Lipinski definition) is 3. The quantitative estimate of drug-likeness (QED) is 0.607. The summed E-state index contributed by atoms with van der Waals surface area (Å²) in [7, 11) is -3.44. The summed E-state index contributed by atoms with van der Waals surface area (Å²) in [6.45, 7) is 5.93. The first-order valence-electron chi connectivity index (χ1n) is 6.69. The Bertz CT molecular complexity index is 342. The van der Waals surface area contributed by atoms with E-state index < -0.39 is 15.3 Å². The van der Waals surface area contributed by atoms with Crippen molar-refractivity contribution >= 4 is 27.2 Å². The van der Waals surface area contributed by atoms with Crippen LogP contribution in [0.15, 0.2) is 0 Å². The standard InChI is InChI=1S/C12H26N2O2S2/c1-4-7-9-10(8-5-2)14-18(15,16)11(6-3)12(13)17/h10-11,14H,4-9H2,1-3H3,(H2,13,17). The maximum Gasteiger partial charge on any atom is 0.221 e. The van der Waals surface area contributed by atoms with Crippen molar-refractivity contribution in [3.63, 3.8) is 0 Å². The van der Waals surface area contributed by atoms with Crippen LogP contribution in [-0.2, 0) is 10.0 Å². The van der Waals surface area contributed by atoms with Crippen LogP contribution in [0.4, 0.5) is 0 Å². The highest BCUT2D eigenvalue weighted by atomic mass is 32.2. The molecule has 0 radical (unpaired) electrons. The minimum Gasteiger partial charge on any atom is -0.392 e. The fourth-order valence-corrected chi connectivity index (χ4v) is 4.11. The van der Waals surface area contributed by atoms with Crippen LogP contribution in [0.1, 0.15) is 59.3 Å². The van der Waals surface area contributed by atoms with Crippen LogP contribution < -0.4 is 10.5 Å². The largest absolute Gasteiger partial charge is 0.392 e. The smallest absolute Gasteiger partial charge is 0.221 e. The summed E-state index contributed by atoms with van der Waals surface area (Å²) in [5, 5.41) is -0.756. The monoisotopic (exact) mass is 294 g/mol. The topological polar surface area (TPSA) is 72.2 Å². The molecule has 0 aliphatic heterocycles. The molecule has 3 N–H and O–H groups in total. The van der Waals surface area contributed by atoms with E-state index >= 15 is 0 Å². The van der Waals surface area contributed by atoms with E-state index in [0.717, 1.165) is 32.1 Å². The predicted octanol–water partition coefficient (Wildman–Crippen LogP) is 2.33. The lowest BCUT2D eigenvalue weighted by atomic mass is 10.1. The zero-order chi connectivity index (χ0) is 14.2. The molecule has 2 atom stereocenters. The first-order chi connectivity index (χ1) is 8.38. The van der Waals surface area contributed by atoms with Gasteiger partial charge >= 0.3 is 0 Å². The second-order valence-corrected chi connectivity index (χ2v) is 6.96. The average molecular weight is 294 g/mol. The molecule has 0 aromatic carbocycles. The molecule has 4 nitrogen and oxygen atoms in total. The maximum atomic E-state index is 12.2. The van der Waals surface area contributed by atoms with Crippen molar-refractivity contribution in [2.45, 2.75) is 70.6 Å². The van der Waals surface area contributed by atoms with Crippen LogP contribution in [0.3, 0.4) is 0 Å². The van der Waals surface area contributed by atoms with Gasteiger partial charge in [0.2, 0.25) is 10.0 Å². The molecule has 0 aromatic rings. The highest BCUT2D eigenvalue weighted by Gasteiger charge is 2.28. The van der Waals surface area contributed by atoms with E-state index in [-0.39, 0.29) is 11.0 Å². The van der Waals surface area contributed by atoms with Crippen molar-refractivity contribution in [1.29, 1.82) is 0 Å². The number of hydrogen-bond donors (Lipinski definition) is 2. The first-order valence-corrected chi connectivity index (χ1v) is 8.64. The predicted molar refractivity (Wildman–Crippen MR) is 81.1 cm³/mol. The molecule has 0 bridgehead atoms. The van der Waals surface area contributed by atoms with Crippen molar-refractivity contribution in [3.8, 4) is 0 Å². The van der Waals surface area contributed by atoms with E-state index in [2.05, 4.69) is 18.6 Å². The first kappa shape index (κ1) is 17.8. The second-order valence-electron chi connectivity index (χ2n) is 4.59. The zero-order valence-electron chi connectivity index (χ0n) is 11.6. The van der Waals surface area contributed by atoms with Crippen molar-refractivity contribution in [2.24, 2.45) is 5.73 Å². The van der Waals surface area contributed by atoms with E-state index in [1.807, 2.05) is 0 Å². The Morgan fingerprint density at radius 1 is 1.22 bits per heavy atom. The molecule has 0 rings (SSSR count). The van der Waals surface area contributed by atoms with Crippen LogP contribution in [0, 0.1) is 0 Å². The molecule has 0 saturated carbocycles. The molecule has 0 aliphatic rings. The Balaban J connectivity index is 4.72. The molecule has 0 amide bonds. The van der Waals surface area contributed by atoms with E-state index in [4.69, 9.17) is 18.0 Å². The summed E-state index contributed by atoms with van der Waals surface area (Å²) in [4.78, 5) is 0.0516. The molecule has 0 fully saturated rings. The maximum absolute atomic E-state index is 12.2. The van der Waals surface area contributed by atoms with Gasteiger partial charge in [0.25, 0.3) is 0 Å². The zero-order valence-corrected chi connectivity index (χ0v) is 13.2. The fraction of sp³-hybridized carbons (Fsp3) is 0.917. The third-order valence-corrected chi connectivity index (χ3v) is 5.37. The normalized spacial score (nSPS) is 15.3. The molecule has 6 heteroatoms. The summed E-state index contributed by atoms with van der Waals surface area (Å²) < 4.78 is 27.1. The Kier molecular flexibility index (Phi) is 8.73. The number of thiocarbonyl (C=S) groups is 1. The summed E-state index contributed by atoms with van der Waals surface area (Å²) in [6, 6.07) is 0.00310. The minimum atomic E-state index is -3.44. The van der Waals surface area contributed by atoms with Crippen molar-refractivity contribution in [3.05, 3.63) is 0 Å². The number of rotatable bonds is 10. The Morgan fingerprint density at radius 3 is 2.22 bits per heavy atom. The van der Waals surface area contributed by atoms with Crippen molar-refractivity contribution in [1.82, 2.24) is 4.72 Å². The lowest BCUT2D eigenvalue weighted by Gasteiger charge is -2.22. The highest BCUT2D eigenvalue weighted by molar-refractivity contribution is 7.93. The lowest BCUT2D eigenvalue weighted by molar-refractivity contribution is 0.481. The van der Waals surface area contributed by atoms with Crippen LogP contribution >= 0.6 is 12.2 Å². The van der Waals surface area contributed by atoms with Gasteiger partial charge in [0.05, 0.1) is 4.99 Å². The van der Waals surface area contributed by atoms with Gasteiger partial charge in [-0.1, -0.05) is 52.3 Å². The SMILES string of the molecule is CCCCC(CCC)NS(=O)(=O)C(CC)C(N)=S. The van der Waals surface area contributed by atoms with Gasteiger partial charge in [-0.05, 0) is 19.3 Å². The molecule has 108 valence electrons. The van der Waals surface area contributed by atoms with Gasteiger partial charge < -0.3 is 5.73 Å². The molecule has 0 aliphatic carbocycles. The number of sulfonamides is 1. The van der Waals surface area contributed by atoms with Gasteiger partial charge in [0.1, 0.15) is 5.25 Å². The van der Waals surface area contributed by atoms with Gasteiger partial charge in [-0.3, -0.25) is 0 Å². The molecule has 0 aromatic heterocycles. The second kappa shape index (κ2) is 8.82. The Labute approximate surface area is 117 Å². The van der Waals surface area contributed by atoms with Gasteiger partial charge in [0, 0.05) is 6.04 Å². The molecule has 0 heterocycles. The number of nitrogens with two attached hydrogens (primary N) is 1. The molecule has 0 spiro atoms. The van der Waals surface area contributed by atoms with Gasteiger partial charge in [-0.2, -0.15) is 0 Å². The summed E-state index contributed by atoms with van der Waals surface area (Å²) in [5.74, 6) is 0. The molecule has 18 heavy (non-hydrogen) atoms. The lowest BCUT2D eigenvalue weighted by Crippen LogP contribution is -2.45. The van der Waals surface area contributed by atoms with Gasteiger partial charge in [-0.25, -0.2) is 13.1 Å². The Hall–Kier alpha value is -0.200. The van der Waals surface area contributed by atoms with Crippen LogP contribution in [-0.4, -0.2) is 24.7 Å². The van der Waals surface area contributed by atoms with Crippen LogP contribution in [0.2, 0.25) is 0 Å². The van der Waals surface area contributed by atoms with Gasteiger partial charge in [-0.15, -0.1) is 0 Å². The fourth-order valence-electron chi connectivity index (χ4n) is 1.95. The summed E-state index contributed by atoms with van der Waals surface area (Å²) >= 11 is 4.83. The molecular weight excluding hydrogens is 268 g/mol. The highest BCUT2D eigenvalue weighted by Crippen LogP contribution is 2.12. The summed E-state index contributed by atoms with van der Waals surface area (Å²) in [6.07, 6.45) is 5.19. The third kappa shape index (κ3) is 6.11. The van der Waals surface area contributed by atoms with Gasteiger partial charge in [0.15, 0.2) is 0 Å². The van der Waals surface area contributed by atoms with E-state index in [1.165, 1.54) is 0 Å². The molecule has 2 unspecified atom stereocenters. The van der Waals surface area contributed by atoms with E-state index in [0.29, 0.717) is 6.42 Å². The molecule has 0 saturated heterocycles. The van der Waals surface area contributed by atoms with Crippen LogP contribution in [0.25, 0.3) is 0 Å². The Morgan fingerprint density at radius 2 is 1.83 bits per heavy atom. The van der Waals surface area contributed by atoms with Crippen molar-refractivity contribution < 1.29 is 8.42 Å². The third-order valence-electron chi connectivity index (χ3n) is 2.94. The van der Waals surface area contributed by atoms with E-state index in [1.54, 1.807) is 6.92 Å². The van der Waals surface area contributed by atoms with E-state index in [9.17, 15) is 8.42 Å². The number of unbranched alkanes of at least 4 members (excludes halogenated alkanes) is 1. The molecular formula is C12H26N2O2S2.